The van der Waals surface area contributed by atoms with E-state index in [1.807, 2.05) is 31.2 Å². The lowest BCUT2D eigenvalue weighted by atomic mass is 9.86. The molecule has 0 atom stereocenters. The molecule has 0 aromatic heterocycles. The van der Waals surface area contributed by atoms with Crippen molar-refractivity contribution in [3.05, 3.63) is 64.7 Å². The molecule has 6 heteroatoms. The molecule has 0 bridgehead atoms. The Bertz CT molecular complexity index is 892. The number of rotatable bonds is 5. The van der Waals surface area contributed by atoms with Gasteiger partial charge in [-0.2, -0.15) is 0 Å². The van der Waals surface area contributed by atoms with Crippen molar-refractivity contribution >= 4 is 23.4 Å². The highest BCUT2D eigenvalue weighted by molar-refractivity contribution is 6.30. The van der Waals surface area contributed by atoms with E-state index in [2.05, 4.69) is 22.5 Å². The summed E-state index contributed by atoms with van der Waals surface area (Å²) in [4.78, 5) is 23.8. The predicted molar refractivity (Wildman–Crippen MR) is 108 cm³/mol. The second-order valence-electron chi connectivity index (χ2n) is 6.76. The zero-order chi connectivity index (χ0) is 19.9. The van der Waals surface area contributed by atoms with Crippen LogP contribution in [0.15, 0.2) is 48.5 Å². The summed E-state index contributed by atoms with van der Waals surface area (Å²) in [5, 5.41) is 6.37. The van der Waals surface area contributed by atoms with Crippen molar-refractivity contribution in [1.82, 2.24) is 10.6 Å². The van der Waals surface area contributed by atoms with Crippen LogP contribution >= 0.6 is 11.6 Å². The SMILES string of the molecule is Cc1ccc(OCC(=O)NC2CC(NC(=O)C#Cc3ccc(Cl)cc3)C2)cc1. The molecule has 1 aliphatic rings. The highest BCUT2D eigenvalue weighted by atomic mass is 35.5. The van der Waals surface area contributed by atoms with E-state index >= 15 is 0 Å². The van der Waals surface area contributed by atoms with Crippen molar-refractivity contribution in [1.29, 1.82) is 0 Å². The number of hydrogen-bond donors (Lipinski definition) is 2. The van der Waals surface area contributed by atoms with Crippen LogP contribution in [-0.4, -0.2) is 30.5 Å². The van der Waals surface area contributed by atoms with Crippen LogP contribution in [0.1, 0.15) is 24.0 Å². The minimum atomic E-state index is -0.326. The van der Waals surface area contributed by atoms with Gasteiger partial charge in [-0.25, -0.2) is 0 Å². The van der Waals surface area contributed by atoms with Gasteiger partial charge < -0.3 is 15.4 Å². The third-order valence-corrected chi connectivity index (χ3v) is 4.65. The molecular formula is C22H21ClN2O3. The maximum Gasteiger partial charge on any atom is 0.296 e. The van der Waals surface area contributed by atoms with Crippen LogP contribution < -0.4 is 15.4 Å². The number of nitrogens with one attached hydrogen (secondary N) is 2. The molecule has 1 saturated carbocycles. The normalized spacial score (nSPS) is 17.5. The van der Waals surface area contributed by atoms with Crippen LogP contribution in [0.2, 0.25) is 5.02 Å². The number of carbonyl (C=O) groups excluding carboxylic acids is 2. The monoisotopic (exact) mass is 396 g/mol. The van der Waals surface area contributed by atoms with Crippen molar-refractivity contribution in [2.24, 2.45) is 0 Å². The summed E-state index contributed by atoms with van der Waals surface area (Å²) in [6, 6.07) is 14.6. The molecule has 1 fully saturated rings. The van der Waals surface area contributed by atoms with Crippen LogP contribution in [0.25, 0.3) is 0 Å². The zero-order valence-electron chi connectivity index (χ0n) is 15.5. The molecule has 2 aromatic rings. The zero-order valence-corrected chi connectivity index (χ0v) is 16.3. The first-order valence-electron chi connectivity index (χ1n) is 9.05. The van der Waals surface area contributed by atoms with Crippen LogP contribution in [-0.2, 0) is 9.59 Å². The molecule has 0 aliphatic heterocycles. The van der Waals surface area contributed by atoms with Gasteiger partial charge in [-0.05, 0) is 56.2 Å². The van der Waals surface area contributed by atoms with E-state index in [1.165, 1.54) is 0 Å². The quantitative estimate of drug-likeness (QED) is 0.764. The lowest BCUT2D eigenvalue weighted by Gasteiger charge is -2.35. The molecule has 0 radical (unpaired) electrons. The Kier molecular flexibility index (Phi) is 6.57. The van der Waals surface area contributed by atoms with Crippen LogP contribution in [0.3, 0.4) is 0 Å². The molecule has 5 nitrogen and oxygen atoms in total. The van der Waals surface area contributed by atoms with E-state index in [4.69, 9.17) is 16.3 Å². The average Bonchev–Trinajstić information content (AvgIpc) is 2.65. The van der Waals surface area contributed by atoms with Gasteiger partial charge in [0.1, 0.15) is 5.75 Å². The van der Waals surface area contributed by atoms with Gasteiger partial charge in [0.15, 0.2) is 6.61 Å². The standard InChI is InChI=1S/C22H21ClN2O3/c1-15-2-9-20(10-3-15)28-14-22(27)25-19-12-18(13-19)24-21(26)11-6-16-4-7-17(23)8-5-16/h2-5,7-10,18-19H,12-14H2,1H3,(H,24,26)(H,25,27). The Morgan fingerprint density at radius 3 is 2.36 bits per heavy atom. The molecule has 2 amide bonds. The maximum atomic E-state index is 11.9. The van der Waals surface area contributed by atoms with Crippen molar-refractivity contribution in [2.75, 3.05) is 6.61 Å². The third kappa shape index (κ3) is 6.04. The number of amides is 2. The lowest BCUT2D eigenvalue weighted by molar-refractivity contribution is -0.124. The number of benzene rings is 2. The molecule has 3 rings (SSSR count). The molecule has 28 heavy (non-hydrogen) atoms. The van der Waals surface area contributed by atoms with Gasteiger partial charge in [0.25, 0.3) is 11.8 Å². The van der Waals surface area contributed by atoms with Crippen LogP contribution in [0.5, 0.6) is 5.75 Å². The predicted octanol–water partition coefficient (Wildman–Crippen LogP) is 2.84. The van der Waals surface area contributed by atoms with Crippen LogP contribution in [0, 0.1) is 18.8 Å². The van der Waals surface area contributed by atoms with E-state index in [9.17, 15) is 9.59 Å². The van der Waals surface area contributed by atoms with E-state index in [0.29, 0.717) is 23.6 Å². The summed E-state index contributed by atoms with van der Waals surface area (Å²) < 4.78 is 5.46. The fraction of sp³-hybridized carbons (Fsp3) is 0.273. The maximum absolute atomic E-state index is 11.9. The van der Waals surface area contributed by atoms with E-state index in [0.717, 1.165) is 11.1 Å². The van der Waals surface area contributed by atoms with Crippen molar-refractivity contribution in [2.45, 2.75) is 31.8 Å². The van der Waals surface area contributed by atoms with Gasteiger partial charge in [0.05, 0.1) is 0 Å². The minimum Gasteiger partial charge on any atom is -0.484 e. The van der Waals surface area contributed by atoms with Crippen molar-refractivity contribution in [3.8, 4) is 17.6 Å². The van der Waals surface area contributed by atoms with Crippen molar-refractivity contribution < 1.29 is 14.3 Å². The lowest BCUT2D eigenvalue weighted by Crippen LogP contribution is -2.54. The molecule has 2 aromatic carbocycles. The summed E-state index contributed by atoms with van der Waals surface area (Å²) >= 11 is 5.81. The minimum absolute atomic E-state index is 0.0235. The Labute approximate surface area is 169 Å². The first-order valence-corrected chi connectivity index (χ1v) is 9.42. The third-order valence-electron chi connectivity index (χ3n) is 4.39. The summed E-state index contributed by atoms with van der Waals surface area (Å²) in [6.07, 6.45) is 1.37. The molecular weight excluding hydrogens is 376 g/mol. The smallest absolute Gasteiger partial charge is 0.296 e. The summed E-state index contributed by atoms with van der Waals surface area (Å²) in [7, 11) is 0. The second-order valence-corrected chi connectivity index (χ2v) is 7.20. The summed E-state index contributed by atoms with van der Waals surface area (Å²) in [5.74, 6) is 5.53. The van der Waals surface area contributed by atoms with Gasteiger partial charge in [-0.15, -0.1) is 0 Å². The Morgan fingerprint density at radius 1 is 1.04 bits per heavy atom. The summed E-state index contributed by atoms with van der Waals surface area (Å²) in [5.41, 5.74) is 1.86. The fourth-order valence-corrected chi connectivity index (χ4v) is 2.92. The van der Waals surface area contributed by atoms with Gasteiger partial charge >= 0.3 is 0 Å². The number of hydrogen-bond acceptors (Lipinski definition) is 3. The number of aryl methyl sites for hydroxylation is 1. The average molecular weight is 397 g/mol. The number of halogens is 1. The largest absolute Gasteiger partial charge is 0.484 e. The van der Waals surface area contributed by atoms with Gasteiger partial charge in [0, 0.05) is 28.6 Å². The van der Waals surface area contributed by atoms with Crippen molar-refractivity contribution in [3.63, 3.8) is 0 Å². The highest BCUT2D eigenvalue weighted by Crippen LogP contribution is 2.20. The molecule has 2 N–H and O–H groups in total. The molecule has 144 valence electrons. The van der Waals surface area contributed by atoms with E-state index in [-0.39, 0.29) is 30.5 Å². The number of ether oxygens (including phenoxy) is 1. The Morgan fingerprint density at radius 2 is 1.68 bits per heavy atom. The first kappa shape index (κ1) is 19.8. The topological polar surface area (TPSA) is 67.4 Å². The highest BCUT2D eigenvalue weighted by Gasteiger charge is 2.31. The second kappa shape index (κ2) is 9.29. The molecule has 0 unspecified atom stereocenters. The summed E-state index contributed by atoms with van der Waals surface area (Å²) in [6.45, 7) is 1.97. The Balaban J connectivity index is 1.34. The van der Waals surface area contributed by atoms with Crippen LogP contribution in [0.4, 0.5) is 0 Å². The van der Waals surface area contributed by atoms with E-state index < -0.39 is 0 Å². The van der Waals surface area contributed by atoms with E-state index in [1.54, 1.807) is 24.3 Å². The number of carbonyl (C=O) groups is 2. The Hall–Kier alpha value is -2.97. The first-order chi connectivity index (χ1) is 13.5. The molecule has 0 saturated heterocycles. The van der Waals surface area contributed by atoms with Gasteiger partial charge in [0.2, 0.25) is 0 Å². The molecule has 1 aliphatic carbocycles. The van der Waals surface area contributed by atoms with Gasteiger partial charge in [-0.3, -0.25) is 9.59 Å². The molecule has 0 spiro atoms. The molecule has 0 heterocycles. The fourth-order valence-electron chi connectivity index (χ4n) is 2.79. The van der Waals surface area contributed by atoms with Gasteiger partial charge in [-0.1, -0.05) is 35.2 Å².